The zero-order valence-corrected chi connectivity index (χ0v) is 11.8. The van der Waals surface area contributed by atoms with E-state index in [4.69, 9.17) is 10.2 Å². The van der Waals surface area contributed by atoms with Crippen LogP contribution in [0.25, 0.3) is 0 Å². The summed E-state index contributed by atoms with van der Waals surface area (Å²) in [4.78, 5) is 6.40. The molecule has 1 unspecified atom stereocenters. The van der Waals surface area contributed by atoms with Crippen molar-refractivity contribution < 1.29 is 4.42 Å². The quantitative estimate of drug-likeness (QED) is 0.896. The molecule has 4 heteroatoms. The maximum atomic E-state index is 5.93. The van der Waals surface area contributed by atoms with Crippen molar-refractivity contribution in [1.29, 1.82) is 0 Å². The molecule has 0 fully saturated rings. The number of aromatic nitrogens is 1. The van der Waals surface area contributed by atoms with Gasteiger partial charge in [-0.3, -0.25) is 9.88 Å². The number of hydrogen-bond donors (Lipinski definition) is 1. The van der Waals surface area contributed by atoms with E-state index in [0.717, 1.165) is 18.1 Å². The molecule has 0 aliphatic heterocycles. The molecule has 0 saturated carbocycles. The summed E-state index contributed by atoms with van der Waals surface area (Å²) in [5.41, 5.74) is 8.33. The normalized spacial score (nSPS) is 12.9. The number of aryl methyl sites for hydroxylation is 2. The lowest BCUT2D eigenvalue weighted by Gasteiger charge is -2.27. The van der Waals surface area contributed by atoms with Crippen molar-refractivity contribution >= 4 is 0 Å². The van der Waals surface area contributed by atoms with Gasteiger partial charge in [0.2, 0.25) is 0 Å². The summed E-state index contributed by atoms with van der Waals surface area (Å²) in [5, 5.41) is 0. The molecule has 2 aromatic heterocycles. The highest BCUT2D eigenvalue weighted by Gasteiger charge is 2.18. The summed E-state index contributed by atoms with van der Waals surface area (Å²) < 4.78 is 5.62. The SMILES string of the molecule is Cc1ccc(CN(C)C(CN)c2cnccc2C)o1. The maximum absolute atomic E-state index is 5.93. The van der Waals surface area contributed by atoms with Crippen LogP contribution in [0.4, 0.5) is 0 Å². The molecular weight excluding hydrogens is 238 g/mol. The molecule has 2 rings (SSSR count). The molecule has 2 N–H and O–H groups in total. The van der Waals surface area contributed by atoms with Gasteiger partial charge in [-0.2, -0.15) is 0 Å². The number of likely N-dealkylation sites (N-methyl/N-ethyl adjacent to an activating group) is 1. The fraction of sp³-hybridized carbons (Fsp3) is 0.400. The lowest BCUT2D eigenvalue weighted by Crippen LogP contribution is -2.30. The van der Waals surface area contributed by atoms with Crippen molar-refractivity contribution in [2.75, 3.05) is 13.6 Å². The fourth-order valence-electron chi connectivity index (χ4n) is 2.30. The summed E-state index contributed by atoms with van der Waals surface area (Å²) in [5.74, 6) is 1.89. The Kier molecular flexibility index (Phi) is 4.35. The summed E-state index contributed by atoms with van der Waals surface area (Å²) in [6, 6.07) is 6.16. The van der Waals surface area contributed by atoms with Gasteiger partial charge in [0.05, 0.1) is 6.54 Å². The topological polar surface area (TPSA) is 55.3 Å². The first kappa shape index (κ1) is 13.8. The maximum Gasteiger partial charge on any atom is 0.118 e. The molecule has 0 saturated heterocycles. The third-order valence-electron chi connectivity index (χ3n) is 3.40. The van der Waals surface area contributed by atoms with E-state index in [1.807, 2.05) is 37.5 Å². The van der Waals surface area contributed by atoms with E-state index >= 15 is 0 Å². The third kappa shape index (κ3) is 3.22. The van der Waals surface area contributed by atoms with Crippen LogP contribution in [-0.4, -0.2) is 23.5 Å². The molecule has 102 valence electrons. The van der Waals surface area contributed by atoms with E-state index in [0.29, 0.717) is 6.54 Å². The van der Waals surface area contributed by atoms with E-state index in [9.17, 15) is 0 Å². The molecule has 0 radical (unpaired) electrons. The molecule has 2 aromatic rings. The first-order chi connectivity index (χ1) is 9.11. The summed E-state index contributed by atoms with van der Waals surface area (Å²) >= 11 is 0. The molecule has 0 aliphatic carbocycles. The van der Waals surface area contributed by atoms with Crippen LogP contribution in [0.1, 0.15) is 28.7 Å². The van der Waals surface area contributed by atoms with Gasteiger partial charge in [0, 0.05) is 25.0 Å². The average Bonchev–Trinajstić information content (AvgIpc) is 2.78. The number of pyridine rings is 1. The van der Waals surface area contributed by atoms with Crippen molar-refractivity contribution in [3.63, 3.8) is 0 Å². The highest BCUT2D eigenvalue weighted by Crippen LogP contribution is 2.23. The van der Waals surface area contributed by atoms with Gasteiger partial charge in [-0.05, 0) is 50.2 Å². The lowest BCUT2D eigenvalue weighted by atomic mass is 10.0. The van der Waals surface area contributed by atoms with Gasteiger partial charge in [-0.25, -0.2) is 0 Å². The second kappa shape index (κ2) is 5.99. The Bertz CT molecular complexity index is 536. The van der Waals surface area contributed by atoms with Crippen molar-refractivity contribution in [3.05, 3.63) is 53.2 Å². The summed E-state index contributed by atoms with van der Waals surface area (Å²) in [6.45, 7) is 5.34. The van der Waals surface area contributed by atoms with E-state index in [1.54, 1.807) is 0 Å². The zero-order chi connectivity index (χ0) is 13.8. The Hall–Kier alpha value is -1.65. The first-order valence-corrected chi connectivity index (χ1v) is 6.48. The third-order valence-corrected chi connectivity index (χ3v) is 3.40. The van der Waals surface area contributed by atoms with Crippen LogP contribution < -0.4 is 5.73 Å². The zero-order valence-electron chi connectivity index (χ0n) is 11.8. The summed E-state index contributed by atoms with van der Waals surface area (Å²) in [7, 11) is 2.06. The minimum atomic E-state index is 0.152. The van der Waals surface area contributed by atoms with Crippen molar-refractivity contribution in [2.24, 2.45) is 5.73 Å². The van der Waals surface area contributed by atoms with Crippen LogP contribution in [-0.2, 0) is 6.54 Å². The molecule has 0 aromatic carbocycles. The van der Waals surface area contributed by atoms with E-state index < -0.39 is 0 Å². The van der Waals surface area contributed by atoms with Crippen LogP contribution >= 0.6 is 0 Å². The number of hydrogen-bond acceptors (Lipinski definition) is 4. The number of rotatable bonds is 5. The van der Waals surface area contributed by atoms with E-state index in [2.05, 4.69) is 23.9 Å². The number of nitrogens with zero attached hydrogens (tertiary/aromatic N) is 2. The Morgan fingerprint density at radius 3 is 2.68 bits per heavy atom. The number of furan rings is 1. The standard InChI is InChI=1S/C15H21N3O/c1-11-6-7-17-9-14(11)15(8-16)18(3)10-13-5-4-12(2)19-13/h4-7,9,15H,8,10,16H2,1-3H3. The van der Waals surface area contributed by atoms with E-state index in [-0.39, 0.29) is 6.04 Å². The lowest BCUT2D eigenvalue weighted by molar-refractivity contribution is 0.220. The average molecular weight is 259 g/mol. The van der Waals surface area contributed by atoms with Crippen molar-refractivity contribution in [3.8, 4) is 0 Å². The largest absolute Gasteiger partial charge is 0.465 e. The smallest absolute Gasteiger partial charge is 0.118 e. The van der Waals surface area contributed by atoms with Gasteiger partial charge >= 0.3 is 0 Å². The first-order valence-electron chi connectivity index (χ1n) is 6.48. The van der Waals surface area contributed by atoms with Crippen LogP contribution in [0.2, 0.25) is 0 Å². The minimum absolute atomic E-state index is 0.152. The Labute approximate surface area is 114 Å². The predicted octanol–water partition coefficient (Wildman–Crippen LogP) is 2.42. The predicted molar refractivity (Wildman–Crippen MR) is 75.7 cm³/mol. The van der Waals surface area contributed by atoms with Crippen LogP contribution in [0.5, 0.6) is 0 Å². The van der Waals surface area contributed by atoms with Crippen LogP contribution in [0, 0.1) is 13.8 Å². The molecule has 1 atom stereocenters. The molecule has 0 bridgehead atoms. The summed E-state index contributed by atoms with van der Waals surface area (Å²) in [6.07, 6.45) is 3.71. The molecule has 19 heavy (non-hydrogen) atoms. The van der Waals surface area contributed by atoms with Gasteiger partial charge in [0.15, 0.2) is 0 Å². The van der Waals surface area contributed by atoms with Crippen molar-refractivity contribution in [2.45, 2.75) is 26.4 Å². The van der Waals surface area contributed by atoms with Gasteiger partial charge in [0.1, 0.15) is 11.5 Å². The Morgan fingerprint density at radius 2 is 2.11 bits per heavy atom. The molecule has 0 aliphatic rings. The number of nitrogens with two attached hydrogens (primary N) is 1. The molecule has 0 spiro atoms. The molecule has 0 amide bonds. The Morgan fingerprint density at radius 1 is 1.32 bits per heavy atom. The second-order valence-electron chi connectivity index (χ2n) is 4.91. The highest BCUT2D eigenvalue weighted by atomic mass is 16.3. The monoisotopic (exact) mass is 259 g/mol. The fourth-order valence-corrected chi connectivity index (χ4v) is 2.30. The van der Waals surface area contributed by atoms with Crippen LogP contribution in [0.15, 0.2) is 35.0 Å². The minimum Gasteiger partial charge on any atom is -0.465 e. The molecular formula is C15H21N3O. The van der Waals surface area contributed by atoms with Gasteiger partial charge in [0.25, 0.3) is 0 Å². The van der Waals surface area contributed by atoms with Gasteiger partial charge in [-0.1, -0.05) is 0 Å². The Balaban J connectivity index is 2.15. The molecule has 2 heterocycles. The van der Waals surface area contributed by atoms with Crippen LogP contribution in [0.3, 0.4) is 0 Å². The van der Waals surface area contributed by atoms with Crippen molar-refractivity contribution in [1.82, 2.24) is 9.88 Å². The second-order valence-corrected chi connectivity index (χ2v) is 4.91. The van der Waals surface area contributed by atoms with Gasteiger partial charge in [-0.15, -0.1) is 0 Å². The molecule has 4 nitrogen and oxygen atoms in total. The van der Waals surface area contributed by atoms with E-state index in [1.165, 1.54) is 11.1 Å². The highest BCUT2D eigenvalue weighted by molar-refractivity contribution is 5.25. The van der Waals surface area contributed by atoms with Gasteiger partial charge < -0.3 is 10.2 Å².